The molecule has 1 aliphatic carbocycles. The number of benzene rings is 1. The van der Waals surface area contributed by atoms with Gasteiger partial charge in [-0.3, -0.25) is 9.59 Å². The first-order valence-electron chi connectivity index (χ1n) is 7.12. The molecule has 0 atom stereocenters. The summed E-state index contributed by atoms with van der Waals surface area (Å²) >= 11 is 5.76. The van der Waals surface area contributed by atoms with Crippen molar-refractivity contribution in [2.45, 2.75) is 31.2 Å². The van der Waals surface area contributed by atoms with Gasteiger partial charge in [0.2, 0.25) is 5.91 Å². The normalized spacial score (nSPS) is 15.7. The van der Waals surface area contributed by atoms with Crippen molar-refractivity contribution in [3.63, 3.8) is 0 Å². The molecule has 1 fully saturated rings. The monoisotopic (exact) mass is 345 g/mol. The van der Waals surface area contributed by atoms with Gasteiger partial charge < -0.3 is 16.4 Å². The number of rotatable bonds is 5. The molecule has 5 nitrogen and oxygen atoms in total. The Morgan fingerprint density at radius 3 is 2.23 bits per heavy atom. The predicted octanol–water partition coefficient (Wildman–Crippen LogP) is 1.88. The first-order chi connectivity index (χ1) is 10.0. The lowest BCUT2D eigenvalue weighted by Gasteiger charge is -2.22. The number of amides is 2. The quantitative estimate of drug-likeness (QED) is 0.712. The average Bonchev–Trinajstić information content (AvgIpc) is 2.92. The maximum absolute atomic E-state index is 12.0. The molecule has 7 heteroatoms. The van der Waals surface area contributed by atoms with Crippen LogP contribution in [-0.2, 0) is 4.79 Å². The molecule has 1 aromatic rings. The number of halogens is 2. The topological polar surface area (TPSA) is 84.2 Å². The van der Waals surface area contributed by atoms with Gasteiger partial charge in [-0.2, -0.15) is 0 Å². The Bertz CT molecular complexity index is 514. The van der Waals surface area contributed by atoms with Gasteiger partial charge in [0.25, 0.3) is 5.91 Å². The van der Waals surface area contributed by atoms with Crippen LogP contribution in [0.1, 0.15) is 36.0 Å². The fraction of sp³-hybridized carbons (Fsp3) is 0.467. The van der Waals surface area contributed by atoms with Gasteiger partial charge in [0.05, 0.1) is 5.54 Å². The van der Waals surface area contributed by atoms with Crippen molar-refractivity contribution in [1.82, 2.24) is 10.6 Å². The molecule has 1 saturated carbocycles. The largest absolute Gasteiger partial charge is 0.353 e. The summed E-state index contributed by atoms with van der Waals surface area (Å²) in [6.45, 7) is 0.737. The summed E-state index contributed by atoms with van der Waals surface area (Å²) in [5.41, 5.74) is 5.85. The van der Waals surface area contributed by atoms with Gasteiger partial charge in [0.15, 0.2) is 0 Å². The van der Waals surface area contributed by atoms with Gasteiger partial charge in [0.1, 0.15) is 0 Å². The van der Waals surface area contributed by atoms with Crippen molar-refractivity contribution < 1.29 is 9.59 Å². The predicted molar refractivity (Wildman–Crippen MR) is 89.4 cm³/mol. The lowest BCUT2D eigenvalue weighted by Crippen LogP contribution is -2.53. The van der Waals surface area contributed by atoms with Gasteiger partial charge in [-0.15, -0.1) is 12.4 Å². The Morgan fingerprint density at radius 2 is 1.64 bits per heavy atom. The smallest absolute Gasteiger partial charge is 0.251 e. The highest BCUT2D eigenvalue weighted by Gasteiger charge is 2.36. The molecule has 22 heavy (non-hydrogen) atoms. The Kier molecular flexibility index (Phi) is 7.13. The highest BCUT2D eigenvalue weighted by molar-refractivity contribution is 6.30. The van der Waals surface area contributed by atoms with Crippen molar-refractivity contribution in [1.29, 1.82) is 0 Å². The van der Waals surface area contributed by atoms with Crippen LogP contribution in [0.4, 0.5) is 0 Å². The molecular weight excluding hydrogens is 325 g/mol. The molecule has 1 aromatic carbocycles. The van der Waals surface area contributed by atoms with Gasteiger partial charge in [-0.05, 0) is 37.1 Å². The van der Waals surface area contributed by atoms with Crippen LogP contribution in [0.5, 0.6) is 0 Å². The molecule has 0 saturated heterocycles. The Labute approximate surface area is 141 Å². The van der Waals surface area contributed by atoms with Crippen LogP contribution in [0.15, 0.2) is 24.3 Å². The molecule has 0 radical (unpaired) electrons. The maximum atomic E-state index is 12.0. The van der Waals surface area contributed by atoms with E-state index in [1.807, 2.05) is 0 Å². The van der Waals surface area contributed by atoms with Crippen LogP contribution in [-0.4, -0.2) is 30.4 Å². The number of nitrogens with two attached hydrogens (primary N) is 1. The summed E-state index contributed by atoms with van der Waals surface area (Å²) in [6.07, 6.45) is 3.46. The molecule has 0 aromatic heterocycles. The molecule has 0 aliphatic heterocycles. The minimum Gasteiger partial charge on any atom is -0.353 e. The van der Waals surface area contributed by atoms with Crippen molar-refractivity contribution in [3.05, 3.63) is 34.9 Å². The third-order valence-corrected chi connectivity index (χ3v) is 4.00. The molecule has 1 aliphatic rings. The first-order valence-corrected chi connectivity index (χ1v) is 7.50. The van der Waals surface area contributed by atoms with Gasteiger partial charge in [0, 0.05) is 23.7 Å². The van der Waals surface area contributed by atoms with E-state index in [0.717, 1.165) is 25.7 Å². The summed E-state index contributed by atoms with van der Waals surface area (Å²) in [7, 11) is 0. The molecular formula is C15H21Cl2N3O2. The lowest BCUT2D eigenvalue weighted by atomic mass is 9.98. The molecule has 2 rings (SSSR count). The Balaban J connectivity index is 0.00000242. The Hall–Kier alpha value is -1.30. The van der Waals surface area contributed by atoms with Gasteiger partial charge in [-0.1, -0.05) is 24.4 Å². The van der Waals surface area contributed by atoms with Gasteiger partial charge in [-0.25, -0.2) is 0 Å². The van der Waals surface area contributed by atoms with Crippen molar-refractivity contribution in [2.24, 2.45) is 5.73 Å². The first kappa shape index (κ1) is 18.7. The van der Waals surface area contributed by atoms with E-state index in [9.17, 15) is 9.59 Å². The number of carbonyl (C=O) groups excluding carboxylic acids is 2. The maximum Gasteiger partial charge on any atom is 0.251 e. The number of nitrogens with one attached hydrogen (secondary N) is 2. The second kappa shape index (κ2) is 8.36. The summed E-state index contributed by atoms with van der Waals surface area (Å²) in [5.74, 6) is -0.315. The number of hydrogen-bond acceptors (Lipinski definition) is 3. The zero-order valence-electron chi connectivity index (χ0n) is 12.2. The third-order valence-electron chi connectivity index (χ3n) is 3.75. The third kappa shape index (κ3) is 4.87. The van der Waals surface area contributed by atoms with Crippen LogP contribution in [0.2, 0.25) is 5.02 Å². The van der Waals surface area contributed by atoms with Crippen LogP contribution < -0.4 is 16.4 Å². The zero-order valence-corrected chi connectivity index (χ0v) is 13.8. The van der Waals surface area contributed by atoms with E-state index in [0.29, 0.717) is 23.7 Å². The highest BCUT2D eigenvalue weighted by atomic mass is 35.5. The summed E-state index contributed by atoms with van der Waals surface area (Å²) in [6, 6.07) is 6.64. The molecule has 4 N–H and O–H groups in total. The summed E-state index contributed by atoms with van der Waals surface area (Å²) in [4.78, 5) is 23.8. The van der Waals surface area contributed by atoms with E-state index in [2.05, 4.69) is 10.6 Å². The number of carbonyl (C=O) groups is 2. The highest BCUT2D eigenvalue weighted by Crippen LogP contribution is 2.26. The van der Waals surface area contributed by atoms with Crippen LogP contribution in [0, 0.1) is 0 Å². The van der Waals surface area contributed by atoms with Crippen LogP contribution in [0.3, 0.4) is 0 Å². The molecule has 2 amide bonds. The van der Waals surface area contributed by atoms with E-state index in [-0.39, 0.29) is 24.2 Å². The standard InChI is InChI=1S/C15H20ClN3O2.ClH/c16-12-5-3-11(4-6-12)13(20)18-9-10-19-14(21)15(17)7-1-2-8-15;/h3-6H,1-2,7-10,17H2,(H,18,20)(H,19,21);1H. The average molecular weight is 346 g/mol. The van der Waals surface area contributed by atoms with E-state index < -0.39 is 5.54 Å². The van der Waals surface area contributed by atoms with E-state index in [1.165, 1.54) is 0 Å². The van der Waals surface area contributed by atoms with Crippen molar-refractivity contribution >= 4 is 35.8 Å². The van der Waals surface area contributed by atoms with E-state index in [4.69, 9.17) is 17.3 Å². The van der Waals surface area contributed by atoms with E-state index >= 15 is 0 Å². The molecule has 122 valence electrons. The lowest BCUT2D eigenvalue weighted by molar-refractivity contribution is -0.126. The SMILES string of the molecule is Cl.NC1(C(=O)NCCNC(=O)c2ccc(Cl)cc2)CCCC1. The van der Waals surface area contributed by atoms with E-state index in [1.54, 1.807) is 24.3 Å². The second-order valence-corrected chi connectivity index (χ2v) is 5.82. The molecule has 0 unspecified atom stereocenters. The van der Waals surface area contributed by atoms with Crippen LogP contribution in [0.25, 0.3) is 0 Å². The molecule has 0 heterocycles. The number of hydrogen-bond donors (Lipinski definition) is 3. The van der Waals surface area contributed by atoms with Gasteiger partial charge >= 0.3 is 0 Å². The minimum atomic E-state index is -0.722. The summed E-state index contributed by atoms with van der Waals surface area (Å²) < 4.78 is 0. The van der Waals surface area contributed by atoms with Crippen molar-refractivity contribution in [3.8, 4) is 0 Å². The molecule has 0 bridgehead atoms. The Morgan fingerprint density at radius 1 is 1.09 bits per heavy atom. The summed E-state index contributed by atoms with van der Waals surface area (Å²) in [5, 5.41) is 6.11. The minimum absolute atomic E-state index is 0. The van der Waals surface area contributed by atoms with Crippen LogP contribution >= 0.6 is 24.0 Å². The second-order valence-electron chi connectivity index (χ2n) is 5.38. The zero-order chi connectivity index (χ0) is 15.3. The van der Waals surface area contributed by atoms with Crippen molar-refractivity contribution in [2.75, 3.05) is 13.1 Å². The molecule has 0 spiro atoms. The fourth-order valence-corrected chi connectivity index (χ4v) is 2.59. The fourth-order valence-electron chi connectivity index (χ4n) is 2.46.